The molecule has 6 nitrogen and oxygen atoms in total. The van der Waals surface area contributed by atoms with E-state index in [9.17, 15) is 18.0 Å². The van der Waals surface area contributed by atoms with Gasteiger partial charge in [0, 0.05) is 23.8 Å². The highest BCUT2D eigenvalue weighted by atomic mass is 32.2. The van der Waals surface area contributed by atoms with E-state index in [4.69, 9.17) is 0 Å². The molecule has 7 heteroatoms. The van der Waals surface area contributed by atoms with Crippen molar-refractivity contribution in [2.45, 2.75) is 26.3 Å². The van der Waals surface area contributed by atoms with E-state index >= 15 is 0 Å². The number of anilines is 1. The summed E-state index contributed by atoms with van der Waals surface area (Å²) in [4.78, 5) is 25.6. The molecule has 126 valence electrons. The quantitative estimate of drug-likeness (QED) is 0.791. The molecule has 2 rings (SSSR count). The van der Waals surface area contributed by atoms with Crippen molar-refractivity contribution in [1.29, 1.82) is 0 Å². The number of likely N-dealkylation sites (N-methyl/N-ethyl adjacent to an activating group) is 1. The van der Waals surface area contributed by atoms with Crippen molar-refractivity contribution in [2.75, 3.05) is 29.9 Å². The van der Waals surface area contributed by atoms with Gasteiger partial charge in [0.2, 0.25) is 5.91 Å². The SMILES string of the molecule is CCN(C(=O)CNc1ccccc1C(C)=O)[C@H]1CCS(=O)(=O)C1. The molecular formula is C16H22N2O4S. The summed E-state index contributed by atoms with van der Waals surface area (Å²) in [5, 5.41) is 2.99. The summed E-state index contributed by atoms with van der Waals surface area (Å²) in [6, 6.07) is 6.77. The number of para-hydroxylation sites is 1. The minimum absolute atomic E-state index is 0.0364. The molecule has 1 aliphatic rings. The number of ketones is 1. The van der Waals surface area contributed by atoms with Crippen LogP contribution in [0.25, 0.3) is 0 Å². The maximum Gasteiger partial charge on any atom is 0.242 e. The lowest BCUT2D eigenvalue weighted by atomic mass is 10.1. The van der Waals surface area contributed by atoms with Crippen molar-refractivity contribution in [3.05, 3.63) is 29.8 Å². The normalized spacial score (nSPS) is 19.3. The van der Waals surface area contributed by atoms with E-state index < -0.39 is 9.84 Å². The van der Waals surface area contributed by atoms with Crippen LogP contribution in [-0.2, 0) is 14.6 Å². The van der Waals surface area contributed by atoms with E-state index in [1.807, 2.05) is 6.92 Å². The van der Waals surface area contributed by atoms with Gasteiger partial charge in [0.15, 0.2) is 15.6 Å². The number of nitrogens with zero attached hydrogens (tertiary/aromatic N) is 1. The average Bonchev–Trinajstić information content (AvgIpc) is 2.86. The lowest BCUT2D eigenvalue weighted by Crippen LogP contribution is -2.43. The van der Waals surface area contributed by atoms with Crippen LogP contribution in [0.2, 0.25) is 0 Å². The minimum atomic E-state index is -3.03. The van der Waals surface area contributed by atoms with Crippen LogP contribution in [0.4, 0.5) is 5.69 Å². The second-order valence-corrected chi connectivity index (χ2v) is 7.92. The van der Waals surface area contributed by atoms with Gasteiger partial charge >= 0.3 is 0 Å². The van der Waals surface area contributed by atoms with Gasteiger partial charge in [0.05, 0.1) is 18.1 Å². The molecule has 23 heavy (non-hydrogen) atoms. The van der Waals surface area contributed by atoms with Crippen molar-refractivity contribution in [3.8, 4) is 0 Å². The van der Waals surface area contributed by atoms with Crippen LogP contribution in [0, 0.1) is 0 Å². The fourth-order valence-electron chi connectivity index (χ4n) is 2.88. The number of Topliss-reactive ketones (excluding diaryl/α,β-unsaturated/α-hetero) is 1. The van der Waals surface area contributed by atoms with Gasteiger partial charge in [0.25, 0.3) is 0 Å². The largest absolute Gasteiger partial charge is 0.376 e. The number of sulfone groups is 1. The summed E-state index contributed by atoms with van der Waals surface area (Å²) in [5.41, 5.74) is 1.15. The summed E-state index contributed by atoms with van der Waals surface area (Å²) >= 11 is 0. The van der Waals surface area contributed by atoms with Crippen LogP contribution in [-0.4, -0.2) is 55.6 Å². The number of carbonyl (C=O) groups is 2. The number of amides is 1. The van der Waals surface area contributed by atoms with E-state index in [0.29, 0.717) is 24.2 Å². The highest BCUT2D eigenvalue weighted by Crippen LogP contribution is 2.19. The Morgan fingerprint density at radius 1 is 1.30 bits per heavy atom. The Kier molecular flexibility index (Phi) is 5.41. The Balaban J connectivity index is 2.02. The van der Waals surface area contributed by atoms with Gasteiger partial charge in [-0.25, -0.2) is 8.42 Å². The predicted octanol–water partition coefficient (Wildman–Crippen LogP) is 1.34. The number of nitrogens with one attached hydrogen (secondary N) is 1. The van der Waals surface area contributed by atoms with Crippen LogP contribution >= 0.6 is 0 Å². The third kappa shape index (κ3) is 4.31. The highest BCUT2D eigenvalue weighted by molar-refractivity contribution is 7.91. The molecule has 1 saturated heterocycles. The van der Waals surface area contributed by atoms with Crippen molar-refractivity contribution < 1.29 is 18.0 Å². The van der Waals surface area contributed by atoms with Crippen molar-refractivity contribution in [2.24, 2.45) is 0 Å². The number of hydrogen-bond donors (Lipinski definition) is 1. The number of benzene rings is 1. The van der Waals surface area contributed by atoms with Crippen LogP contribution < -0.4 is 5.32 Å². The third-order valence-electron chi connectivity index (χ3n) is 4.05. The van der Waals surface area contributed by atoms with E-state index in [1.54, 1.807) is 29.2 Å². The number of rotatable bonds is 6. The highest BCUT2D eigenvalue weighted by Gasteiger charge is 2.33. The van der Waals surface area contributed by atoms with Gasteiger partial charge in [-0.3, -0.25) is 9.59 Å². The Morgan fingerprint density at radius 3 is 2.57 bits per heavy atom. The second-order valence-electron chi connectivity index (χ2n) is 5.69. The van der Waals surface area contributed by atoms with Crippen molar-refractivity contribution >= 4 is 27.2 Å². The second kappa shape index (κ2) is 7.12. The molecular weight excluding hydrogens is 316 g/mol. The first-order valence-electron chi connectivity index (χ1n) is 7.68. The van der Waals surface area contributed by atoms with E-state index in [1.165, 1.54) is 6.92 Å². The monoisotopic (exact) mass is 338 g/mol. The summed E-state index contributed by atoms with van der Waals surface area (Å²) in [5.74, 6) is -0.0544. The van der Waals surface area contributed by atoms with Crippen molar-refractivity contribution in [3.63, 3.8) is 0 Å². The molecule has 0 aromatic heterocycles. The molecule has 1 atom stereocenters. The molecule has 1 N–H and O–H groups in total. The van der Waals surface area contributed by atoms with Gasteiger partial charge in [-0.1, -0.05) is 12.1 Å². The summed E-state index contributed by atoms with van der Waals surface area (Å²) < 4.78 is 23.2. The molecule has 1 fully saturated rings. The molecule has 0 spiro atoms. The van der Waals surface area contributed by atoms with Gasteiger partial charge in [-0.15, -0.1) is 0 Å². The van der Waals surface area contributed by atoms with Crippen LogP contribution in [0.1, 0.15) is 30.6 Å². The third-order valence-corrected chi connectivity index (χ3v) is 5.80. The van der Waals surface area contributed by atoms with E-state index in [2.05, 4.69) is 5.32 Å². The fourth-order valence-corrected chi connectivity index (χ4v) is 4.61. The van der Waals surface area contributed by atoms with Crippen LogP contribution in [0.3, 0.4) is 0 Å². The standard InChI is InChI=1S/C16H22N2O4S/c1-3-18(13-8-9-23(21,22)11-13)16(20)10-17-15-7-5-4-6-14(15)12(2)19/h4-7,13,17H,3,8-11H2,1-2H3/t13-/m0/s1. The lowest BCUT2D eigenvalue weighted by Gasteiger charge is -2.27. The first kappa shape index (κ1) is 17.5. The van der Waals surface area contributed by atoms with Gasteiger partial charge in [0.1, 0.15) is 0 Å². The molecule has 0 radical (unpaired) electrons. The van der Waals surface area contributed by atoms with E-state index in [-0.39, 0.29) is 35.8 Å². The predicted molar refractivity (Wildman–Crippen MR) is 89.4 cm³/mol. The van der Waals surface area contributed by atoms with Crippen molar-refractivity contribution in [1.82, 2.24) is 4.90 Å². The smallest absolute Gasteiger partial charge is 0.242 e. The molecule has 0 aliphatic carbocycles. The minimum Gasteiger partial charge on any atom is -0.376 e. The molecule has 1 amide bonds. The lowest BCUT2D eigenvalue weighted by molar-refractivity contribution is -0.130. The summed E-state index contributed by atoms with van der Waals surface area (Å²) in [6.07, 6.45) is 0.492. The molecule has 0 unspecified atom stereocenters. The van der Waals surface area contributed by atoms with Gasteiger partial charge in [-0.2, -0.15) is 0 Å². The maximum absolute atomic E-state index is 12.4. The van der Waals surface area contributed by atoms with E-state index in [0.717, 1.165) is 0 Å². The topological polar surface area (TPSA) is 83.6 Å². The molecule has 1 aromatic carbocycles. The Hall–Kier alpha value is -1.89. The summed E-state index contributed by atoms with van der Waals surface area (Å²) in [6.45, 7) is 3.82. The zero-order valence-corrected chi connectivity index (χ0v) is 14.2. The molecule has 1 aromatic rings. The summed E-state index contributed by atoms with van der Waals surface area (Å²) in [7, 11) is -3.03. The molecule has 0 bridgehead atoms. The molecule has 0 saturated carbocycles. The molecule has 1 aliphatic heterocycles. The van der Waals surface area contributed by atoms with Gasteiger partial charge < -0.3 is 10.2 Å². The Bertz CT molecular complexity index is 700. The van der Waals surface area contributed by atoms with Crippen LogP contribution in [0.15, 0.2) is 24.3 Å². The van der Waals surface area contributed by atoms with Crippen LogP contribution in [0.5, 0.6) is 0 Å². The number of carbonyl (C=O) groups excluding carboxylic acids is 2. The zero-order chi connectivity index (χ0) is 17.0. The zero-order valence-electron chi connectivity index (χ0n) is 13.4. The average molecular weight is 338 g/mol. The van der Waals surface area contributed by atoms with Gasteiger partial charge in [-0.05, 0) is 32.4 Å². The Morgan fingerprint density at radius 2 is 2.00 bits per heavy atom. The fraction of sp³-hybridized carbons (Fsp3) is 0.500. The maximum atomic E-state index is 12.4. The first-order chi connectivity index (χ1) is 10.8. The first-order valence-corrected chi connectivity index (χ1v) is 9.50. The number of hydrogen-bond acceptors (Lipinski definition) is 5. The Labute approximate surface area is 136 Å². The molecule has 1 heterocycles.